The van der Waals surface area contributed by atoms with Crippen molar-refractivity contribution in [2.75, 3.05) is 0 Å². The number of amides is 2. The molecule has 0 spiro atoms. The SMILES string of the molecule is CC(C)OC(=O)C1=C(C(C)C)NC(=O)NC1c1ccc(OCc2ccc(Cl)c(Cl)c2)cc1. The van der Waals surface area contributed by atoms with E-state index in [1.54, 1.807) is 38.1 Å². The van der Waals surface area contributed by atoms with E-state index in [9.17, 15) is 9.59 Å². The Morgan fingerprint density at radius 2 is 1.72 bits per heavy atom. The fourth-order valence-electron chi connectivity index (χ4n) is 3.35. The highest BCUT2D eigenvalue weighted by molar-refractivity contribution is 6.42. The molecule has 6 nitrogen and oxygen atoms in total. The minimum Gasteiger partial charge on any atom is -0.489 e. The molecule has 2 aromatic rings. The lowest BCUT2D eigenvalue weighted by Crippen LogP contribution is -2.47. The number of hydrogen-bond donors (Lipinski definition) is 2. The molecule has 1 heterocycles. The van der Waals surface area contributed by atoms with Gasteiger partial charge in [-0.3, -0.25) is 0 Å². The summed E-state index contributed by atoms with van der Waals surface area (Å²) < 4.78 is 11.3. The van der Waals surface area contributed by atoms with E-state index >= 15 is 0 Å². The number of benzene rings is 2. The summed E-state index contributed by atoms with van der Waals surface area (Å²) in [5.74, 6) is 0.118. The number of allylic oxidation sites excluding steroid dienone is 1. The number of nitrogens with one attached hydrogen (secondary N) is 2. The average molecular weight is 477 g/mol. The molecule has 0 aliphatic carbocycles. The number of hydrogen-bond acceptors (Lipinski definition) is 4. The Morgan fingerprint density at radius 1 is 1.03 bits per heavy atom. The number of carbonyl (C=O) groups excluding carboxylic acids is 2. The number of urea groups is 1. The van der Waals surface area contributed by atoms with Crippen LogP contribution in [0.2, 0.25) is 10.0 Å². The van der Waals surface area contributed by atoms with E-state index < -0.39 is 12.0 Å². The summed E-state index contributed by atoms with van der Waals surface area (Å²) in [5.41, 5.74) is 2.59. The van der Waals surface area contributed by atoms with E-state index in [2.05, 4.69) is 10.6 Å². The Labute approximate surface area is 197 Å². The first kappa shape index (κ1) is 24.0. The van der Waals surface area contributed by atoms with Gasteiger partial charge >= 0.3 is 12.0 Å². The van der Waals surface area contributed by atoms with Crippen LogP contribution >= 0.6 is 23.2 Å². The molecule has 0 fully saturated rings. The number of rotatable bonds is 7. The van der Waals surface area contributed by atoms with Gasteiger partial charge in [-0.05, 0) is 55.2 Å². The molecule has 8 heteroatoms. The van der Waals surface area contributed by atoms with E-state index in [-0.39, 0.29) is 18.1 Å². The Morgan fingerprint density at radius 3 is 2.31 bits per heavy atom. The van der Waals surface area contributed by atoms with Crippen LogP contribution in [0.5, 0.6) is 5.75 Å². The molecule has 0 saturated carbocycles. The highest BCUT2D eigenvalue weighted by Crippen LogP contribution is 2.32. The van der Waals surface area contributed by atoms with Crippen molar-refractivity contribution in [3.8, 4) is 5.75 Å². The smallest absolute Gasteiger partial charge is 0.338 e. The van der Waals surface area contributed by atoms with Gasteiger partial charge in [-0.1, -0.05) is 55.2 Å². The van der Waals surface area contributed by atoms with Gasteiger partial charge in [0.25, 0.3) is 0 Å². The van der Waals surface area contributed by atoms with Crippen LogP contribution in [0.3, 0.4) is 0 Å². The Kier molecular flexibility index (Phi) is 7.69. The van der Waals surface area contributed by atoms with Crippen molar-refractivity contribution < 1.29 is 19.1 Å². The van der Waals surface area contributed by atoms with Crippen LogP contribution < -0.4 is 15.4 Å². The second kappa shape index (κ2) is 10.3. The quantitative estimate of drug-likeness (QED) is 0.495. The van der Waals surface area contributed by atoms with Gasteiger partial charge in [0.2, 0.25) is 0 Å². The fourth-order valence-corrected chi connectivity index (χ4v) is 3.67. The number of carbonyl (C=O) groups is 2. The molecule has 2 N–H and O–H groups in total. The summed E-state index contributed by atoms with van der Waals surface area (Å²) in [6.07, 6.45) is -0.279. The van der Waals surface area contributed by atoms with E-state index in [4.69, 9.17) is 32.7 Å². The molecule has 0 radical (unpaired) electrons. The molecule has 1 atom stereocenters. The standard InChI is InChI=1S/C24H26Cl2N2O4/c1-13(2)21-20(23(29)32-14(3)4)22(28-24(30)27-21)16-6-8-17(9-7-16)31-12-15-5-10-18(25)19(26)11-15/h5-11,13-14,22H,12H2,1-4H3,(H2,27,28,30). The lowest BCUT2D eigenvalue weighted by Gasteiger charge is -2.31. The summed E-state index contributed by atoms with van der Waals surface area (Å²) in [6, 6.07) is 11.6. The Hall–Kier alpha value is -2.70. The first-order valence-electron chi connectivity index (χ1n) is 10.3. The Balaban J connectivity index is 1.82. The van der Waals surface area contributed by atoms with Crippen molar-refractivity contribution in [1.82, 2.24) is 10.6 Å². The topological polar surface area (TPSA) is 76.7 Å². The second-order valence-corrected chi connectivity index (χ2v) is 8.89. The van der Waals surface area contributed by atoms with Gasteiger partial charge in [0.05, 0.1) is 27.8 Å². The normalized spacial score (nSPS) is 16.1. The van der Waals surface area contributed by atoms with Gasteiger partial charge in [-0.2, -0.15) is 0 Å². The molecule has 0 bridgehead atoms. The zero-order valence-corrected chi connectivity index (χ0v) is 19.9. The van der Waals surface area contributed by atoms with Crippen LogP contribution in [0, 0.1) is 5.92 Å². The van der Waals surface area contributed by atoms with Crippen LogP contribution in [-0.4, -0.2) is 18.1 Å². The van der Waals surface area contributed by atoms with Gasteiger partial charge in [-0.15, -0.1) is 0 Å². The number of halogens is 2. The summed E-state index contributed by atoms with van der Waals surface area (Å²) in [6.45, 7) is 7.74. The third-order valence-electron chi connectivity index (χ3n) is 4.85. The van der Waals surface area contributed by atoms with Gasteiger partial charge in [-0.25, -0.2) is 9.59 Å². The van der Waals surface area contributed by atoms with Gasteiger partial charge in [0.15, 0.2) is 0 Å². The van der Waals surface area contributed by atoms with Crippen LogP contribution in [0.4, 0.5) is 4.79 Å². The minimum absolute atomic E-state index is 0.0629. The van der Waals surface area contributed by atoms with Gasteiger partial charge in [0, 0.05) is 5.70 Å². The highest BCUT2D eigenvalue weighted by atomic mass is 35.5. The van der Waals surface area contributed by atoms with Crippen molar-refractivity contribution >= 4 is 35.2 Å². The van der Waals surface area contributed by atoms with E-state index in [0.29, 0.717) is 33.7 Å². The number of esters is 1. The van der Waals surface area contributed by atoms with Crippen molar-refractivity contribution in [3.63, 3.8) is 0 Å². The molecule has 1 aliphatic heterocycles. The van der Waals surface area contributed by atoms with Crippen LogP contribution in [0.15, 0.2) is 53.7 Å². The lowest BCUT2D eigenvalue weighted by atomic mass is 9.91. The maximum absolute atomic E-state index is 12.9. The molecule has 2 aromatic carbocycles. The molecular weight excluding hydrogens is 451 g/mol. The van der Waals surface area contributed by atoms with Crippen LogP contribution in [-0.2, 0) is 16.1 Å². The third kappa shape index (κ3) is 5.75. The monoisotopic (exact) mass is 476 g/mol. The minimum atomic E-state index is -0.628. The molecule has 1 unspecified atom stereocenters. The van der Waals surface area contributed by atoms with Gasteiger partial charge in [0.1, 0.15) is 12.4 Å². The van der Waals surface area contributed by atoms with E-state index in [0.717, 1.165) is 11.1 Å². The molecule has 0 aromatic heterocycles. The summed E-state index contributed by atoms with van der Waals surface area (Å²) in [4.78, 5) is 25.2. The van der Waals surface area contributed by atoms with Crippen LogP contribution in [0.1, 0.15) is 44.9 Å². The van der Waals surface area contributed by atoms with Crippen LogP contribution in [0.25, 0.3) is 0 Å². The maximum Gasteiger partial charge on any atom is 0.338 e. The predicted octanol–water partition coefficient (Wildman–Crippen LogP) is 5.79. The Bertz CT molecular complexity index is 1030. The zero-order chi connectivity index (χ0) is 23.4. The zero-order valence-electron chi connectivity index (χ0n) is 18.4. The van der Waals surface area contributed by atoms with E-state index in [1.807, 2.05) is 32.0 Å². The molecule has 0 saturated heterocycles. The van der Waals surface area contributed by atoms with Crippen molar-refractivity contribution in [3.05, 3.63) is 74.9 Å². The molecule has 3 rings (SSSR count). The van der Waals surface area contributed by atoms with E-state index in [1.165, 1.54) is 0 Å². The summed E-state index contributed by atoms with van der Waals surface area (Å²) in [5, 5.41) is 6.56. The summed E-state index contributed by atoms with van der Waals surface area (Å²) >= 11 is 12.0. The maximum atomic E-state index is 12.9. The lowest BCUT2D eigenvalue weighted by molar-refractivity contribution is -0.143. The van der Waals surface area contributed by atoms with Gasteiger partial charge < -0.3 is 20.1 Å². The largest absolute Gasteiger partial charge is 0.489 e. The first-order valence-corrected chi connectivity index (χ1v) is 11.1. The van der Waals surface area contributed by atoms with Crippen molar-refractivity contribution in [1.29, 1.82) is 0 Å². The molecular formula is C24H26Cl2N2O4. The fraction of sp³-hybridized carbons (Fsp3) is 0.333. The molecule has 2 amide bonds. The average Bonchev–Trinajstić information content (AvgIpc) is 2.73. The highest BCUT2D eigenvalue weighted by Gasteiger charge is 2.35. The molecule has 170 valence electrons. The first-order chi connectivity index (χ1) is 15.2. The third-order valence-corrected chi connectivity index (χ3v) is 5.58. The molecule has 1 aliphatic rings. The van der Waals surface area contributed by atoms with Crippen molar-refractivity contribution in [2.45, 2.75) is 46.4 Å². The summed E-state index contributed by atoms with van der Waals surface area (Å²) in [7, 11) is 0. The molecule has 32 heavy (non-hydrogen) atoms. The second-order valence-electron chi connectivity index (χ2n) is 8.07. The predicted molar refractivity (Wildman–Crippen MR) is 125 cm³/mol. The number of ether oxygens (including phenoxy) is 2. The van der Waals surface area contributed by atoms with Crippen molar-refractivity contribution in [2.24, 2.45) is 5.92 Å².